The number of pyridine rings is 1. The summed E-state index contributed by atoms with van der Waals surface area (Å²) in [5, 5.41) is 12.5. The predicted molar refractivity (Wildman–Crippen MR) is 76.4 cm³/mol. The van der Waals surface area contributed by atoms with Gasteiger partial charge in [-0.05, 0) is 39.0 Å². The van der Waals surface area contributed by atoms with Gasteiger partial charge in [-0.1, -0.05) is 11.6 Å². The first-order valence-corrected chi connectivity index (χ1v) is 6.49. The first-order valence-electron chi connectivity index (χ1n) is 6.11. The summed E-state index contributed by atoms with van der Waals surface area (Å²) < 4.78 is 5.47. The summed E-state index contributed by atoms with van der Waals surface area (Å²) in [7, 11) is 0. The smallest absolute Gasteiger partial charge is 0.339 e. The van der Waals surface area contributed by atoms with E-state index in [1.807, 2.05) is 26.8 Å². The molecule has 0 saturated heterocycles. The lowest BCUT2D eigenvalue weighted by molar-refractivity contribution is 0.0697. The topological polar surface area (TPSA) is 75.4 Å². The molecule has 20 heavy (non-hydrogen) atoms. The molecule has 0 spiro atoms. The van der Waals surface area contributed by atoms with Crippen molar-refractivity contribution in [1.29, 1.82) is 0 Å². The normalized spacial score (nSPS) is 12.2. The van der Waals surface area contributed by atoms with Crippen molar-refractivity contribution >= 4 is 23.4 Å². The quantitative estimate of drug-likeness (QED) is 0.839. The maximum atomic E-state index is 11.2. The first-order chi connectivity index (χ1) is 9.38. The van der Waals surface area contributed by atoms with E-state index in [0.717, 1.165) is 17.1 Å². The number of hydrogen-bond donors (Lipinski definition) is 2. The van der Waals surface area contributed by atoms with E-state index in [9.17, 15) is 4.79 Å². The predicted octanol–water partition coefficient (Wildman–Crippen LogP) is 3.82. The zero-order valence-electron chi connectivity index (χ0n) is 11.4. The Morgan fingerprint density at radius 1 is 1.45 bits per heavy atom. The van der Waals surface area contributed by atoms with Crippen LogP contribution in [0.2, 0.25) is 5.15 Å². The highest BCUT2D eigenvalue weighted by Crippen LogP contribution is 2.26. The molecular formula is C14H15ClN2O3. The van der Waals surface area contributed by atoms with Gasteiger partial charge in [0.25, 0.3) is 0 Å². The molecule has 0 fully saturated rings. The number of furan rings is 1. The van der Waals surface area contributed by atoms with E-state index in [-0.39, 0.29) is 22.6 Å². The second-order valence-electron chi connectivity index (χ2n) is 4.57. The number of anilines is 1. The average Bonchev–Trinajstić information content (AvgIpc) is 2.68. The lowest BCUT2D eigenvalue weighted by Gasteiger charge is -2.15. The Morgan fingerprint density at radius 2 is 2.15 bits per heavy atom. The van der Waals surface area contributed by atoms with Crippen molar-refractivity contribution in [2.24, 2.45) is 0 Å². The molecule has 0 aliphatic rings. The average molecular weight is 295 g/mol. The van der Waals surface area contributed by atoms with Crippen LogP contribution >= 0.6 is 11.6 Å². The molecule has 0 aliphatic carbocycles. The molecule has 2 rings (SSSR count). The van der Waals surface area contributed by atoms with E-state index >= 15 is 0 Å². The molecule has 0 aromatic carbocycles. The van der Waals surface area contributed by atoms with Gasteiger partial charge in [-0.2, -0.15) is 0 Å². The fourth-order valence-corrected chi connectivity index (χ4v) is 2.23. The molecule has 0 radical (unpaired) electrons. The number of nitrogens with one attached hydrogen (secondary N) is 1. The van der Waals surface area contributed by atoms with Gasteiger partial charge in [-0.3, -0.25) is 0 Å². The molecule has 2 N–H and O–H groups in total. The molecule has 0 aliphatic heterocycles. The maximum Gasteiger partial charge on any atom is 0.339 e. The van der Waals surface area contributed by atoms with Crippen LogP contribution in [-0.2, 0) is 0 Å². The van der Waals surface area contributed by atoms with Crippen molar-refractivity contribution in [3.8, 4) is 0 Å². The lowest BCUT2D eigenvalue weighted by atomic mass is 10.1. The number of aromatic carboxylic acids is 1. The second kappa shape index (κ2) is 5.54. The SMILES string of the molecule is Cc1cc(C(C)Nc2nc(Cl)ccc2C(=O)O)c(C)o1. The number of hydrogen-bond acceptors (Lipinski definition) is 4. The highest BCUT2D eigenvalue weighted by molar-refractivity contribution is 6.29. The minimum atomic E-state index is -1.05. The lowest BCUT2D eigenvalue weighted by Crippen LogP contribution is -2.12. The van der Waals surface area contributed by atoms with Gasteiger partial charge in [-0.15, -0.1) is 0 Å². The molecule has 1 unspecified atom stereocenters. The van der Waals surface area contributed by atoms with Crippen LogP contribution in [0.1, 0.15) is 40.4 Å². The summed E-state index contributed by atoms with van der Waals surface area (Å²) in [5.41, 5.74) is 1.04. The molecule has 2 aromatic heterocycles. The molecule has 6 heteroatoms. The Balaban J connectivity index is 2.32. The van der Waals surface area contributed by atoms with Crippen LogP contribution in [0.15, 0.2) is 22.6 Å². The van der Waals surface area contributed by atoms with Crippen molar-refractivity contribution in [2.45, 2.75) is 26.8 Å². The van der Waals surface area contributed by atoms with E-state index in [1.54, 1.807) is 0 Å². The fourth-order valence-electron chi connectivity index (χ4n) is 2.08. The summed E-state index contributed by atoms with van der Waals surface area (Å²) in [4.78, 5) is 15.2. The second-order valence-corrected chi connectivity index (χ2v) is 4.96. The third kappa shape index (κ3) is 2.93. The zero-order chi connectivity index (χ0) is 14.9. The Kier molecular flexibility index (Phi) is 3.99. The number of halogens is 1. The summed E-state index contributed by atoms with van der Waals surface area (Å²) in [6, 6.07) is 4.66. The van der Waals surface area contributed by atoms with E-state index in [4.69, 9.17) is 21.1 Å². The van der Waals surface area contributed by atoms with Gasteiger partial charge in [0.1, 0.15) is 28.1 Å². The van der Waals surface area contributed by atoms with Crippen LogP contribution in [-0.4, -0.2) is 16.1 Å². The number of carboxylic acid groups (broad SMARTS) is 1. The third-order valence-electron chi connectivity index (χ3n) is 2.99. The number of aromatic nitrogens is 1. The minimum absolute atomic E-state index is 0.0825. The van der Waals surface area contributed by atoms with Crippen molar-refractivity contribution < 1.29 is 14.3 Å². The first kappa shape index (κ1) is 14.4. The van der Waals surface area contributed by atoms with Gasteiger partial charge < -0.3 is 14.8 Å². The fraction of sp³-hybridized carbons (Fsp3) is 0.286. The highest BCUT2D eigenvalue weighted by Gasteiger charge is 2.17. The number of carboxylic acids is 1. The van der Waals surface area contributed by atoms with Crippen molar-refractivity contribution in [1.82, 2.24) is 4.98 Å². The number of nitrogens with zero attached hydrogens (tertiary/aromatic N) is 1. The van der Waals surface area contributed by atoms with Crippen LogP contribution in [0, 0.1) is 13.8 Å². The Morgan fingerprint density at radius 3 is 2.70 bits per heavy atom. The van der Waals surface area contributed by atoms with Gasteiger partial charge in [0.05, 0.1) is 6.04 Å². The summed E-state index contributed by atoms with van der Waals surface area (Å²) in [6.45, 7) is 5.64. The molecule has 106 valence electrons. The Bertz CT molecular complexity index is 652. The maximum absolute atomic E-state index is 11.2. The Hall–Kier alpha value is -2.01. The number of carbonyl (C=O) groups is 1. The van der Waals surface area contributed by atoms with Gasteiger partial charge in [-0.25, -0.2) is 9.78 Å². The van der Waals surface area contributed by atoms with Gasteiger partial charge in [0.2, 0.25) is 0 Å². The largest absolute Gasteiger partial charge is 0.478 e. The standard InChI is InChI=1S/C14H15ClN2O3/c1-7-6-11(9(3)20-7)8(2)16-13-10(14(18)19)4-5-12(15)17-13/h4-6,8H,1-3H3,(H,16,17)(H,18,19). The van der Waals surface area contributed by atoms with Gasteiger partial charge >= 0.3 is 5.97 Å². The van der Waals surface area contributed by atoms with E-state index in [1.165, 1.54) is 12.1 Å². The molecule has 2 aromatic rings. The molecule has 2 heterocycles. The summed E-state index contributed by atoms with van der Waals surface area (Å²) in [5.74, 6) is 0.796. The van der Waals surface area contributed by atoms with Crippen molar-refractivity contribution in [3.63, 3.8) is 0 Å². The number of rotatable bonds is 4. The van der Waals surface area contributed by atoms with Gasteiger partial charge in [0, 0.05) is 5.56 Å². The summed E-state index contributed by atoms with van der Waals surface area (Å²) >= 11 is 5.82. The van der Waals surface area contributed by atoms with Crippen LogP contribution in [0.25, 0.3) is 0 Å². The van der Waals surface area contributed by atoms with Crippen LogP contribution in [0.3, 0.4) is 0 Å². The molecule has 5 nitrogen and oxygen atoms in total. The van der Waals surface area contributed by atoms with E-state index in [2.05, 4.69) is 10.3 Å². The van der Waals surface area contributed by atoms with E-state index in [0.29, 0.717) is 0 Å². The molecule has 1 atom stereocenters. The van der Waals surface area contributed by atoms with Crippen molar-refractivity contribution in [3.05, 3.63) is 46.0 Å². The van der Waals surface area contributed by atoms with Crippen LogP contribution < -0.4 is 5.32 Å². The monoisotopic (exact) mass is 294 g/mol. The van der Waals surface area contributed by atoms with Crippen LogP contribution in [0.5, 0.6) is 0 Å². The Labute approximate surface area is 121 Å². The molecular weight excluding hydrogens is 280 g/mol. The third-order valence-corrected chi connectivity index (χ3v) is 3.20. The number of aryl methyl sites for hydroxylation is 2. The van der Waals surface area contributed by atoms with Crippen LogP contribution in [0.4, 0.5) is 5.82 Å². The van der Waals surface area contributed by atoms with E-state index < -0.39 is 5.97 Å². The van der Waals surface area contributed by atoms with Gasteiger partial charge in [0.15, 0.2) is 0 Å². The van der Waals surface area contributed by atoms with Crippen molar-refractivity contribution in [2.75, 3.05) is 5.32 Å². The molecule has 0 bridgehead atoms. The summed E-state index contributed by atoms with van der Waals surface area (Å²) in [6.07, 6.45) is 0. The molecule has 0 saturated carbocycles. The highest BCUT2D eigenvalue weighted by atomic mass is 35.5. The molecule has 0 amide bonds. The zero-order valence-corrected chi connectivity index (χ0v) is 12.2. The minimum Gasteiger partial charge on any atom is -0.478 e.